The monoisotopic (exact) mass is 167 g/mol. The molecule has 66 valence electrons. The van der Waals surface area contributed by atoms with Crippen molar-refractivity contribution in [2.24, 2.45) is 5.73 Å². The maximum absolute atomic E-state index is 10.0. The van der Waals surface area contributed by atoms with Crippen LogP contribution in [0.2, 0.25) is 0 Å². The fourth-order valence-electron chi connectivity index (χ4n) is 1.93. The molecule has 2 rings (SSSR count). The van der Waals surface area contributed by atoms with Crippen LogP contribution in [-0.4, -0.2) is 21.8 Å². The zero-order chi connectivity index (χ0) is 8.77. The molecule has 0 radical (unpaired) electrons. The first-order chi connectivity index (χ1) is 5.67. The fraction of sp³-hybridized carbons (Fsp3) is 0.625. The van der Waals surface area contributed by atoms with E-state index in [-0.39, 0.29) is 6.54 Å². The molecule has 1 aliphatic carbocycles. The van der Waals surface area contributed by atoms with Crippen molar-refractivity contribution in [1.29, 1.82) is 0 Å². The second-order valence-electron chi connectivity index (χ2n) is 3.41. The highest BCUT2D eigenvalue weighted by Gasteiger charge is 2.38. The van der Waals surface area contributed by atoms with Gasteiger partial charge >= 0.3 is 0 Å². The largest absolute Gasteiger partial charge is 0.384 e. The number of hydrogen-bond acceptors (Lipinski definition) is 3. The van der Waals surface area contributed by atoms with Crippen molar-refractivity contribution in [2.75, 3.05) is 6.54 Å². The van der Waals surface area contributed by atoms with Crippen LogP contribution in [0.15, 0.2) is 0 Å². The number of nitrogens with zero attached hydrogens (tertiary/aromatic N) is 1. The lowest BCUT2D eigenvalue weighted by Crippen LogP contribution is -2.32. The molecule has 1 aromatic heterocycles. The predicted molar refractivity (Wildman–Crippen MR) is 44.6 cm³/mol. The van der Waals surface area contributed by atoms with E-state index in [4.69, 9.17) is 5.73 Å². The van der Waals surface area contributed by atoms with Gasteiger partial charge in [-0.25, -0.2) is 0 Å². The van der Waals surface area contributed by atoms with Crippen molar-refractivity contribution in [3.63, 3.8) is 0 Å². The second kappa shape index (κ2) is 2.31. The first-order valence-corrected chi connectivity index (χ1v) is 4.14. The van der Waals surface area contributed by atoms with Gasteiger partial charge in [0.05, 0.1) is 5.69 Å². The minimum absolute atomic E-state index is 0.278. The van der Waals surface area contributed by atoms with Gasteiger partial charge in [-0.1, -0.05) is 0 Å². The Balaban J connectivity index is 2.53. The summed E-state index contributed by atoms with van der Waals surface area (Å²) in [6, 6.07) is 0. The number of aromatic nitrogens is 2. The summed E-state index contributed by atoms with van der Waals surface area (Å²) in [6.45, 7) is 2.19. The molecule has 0 spiro atoms. The summed E-state index contributed by atoms with van der Waals surface area (Å²) in [5.41, 5.74) is 7.53. The topological polar surface area (TPSA) is 74.9 Å². The van der Waals surface area contributed by atoms with Gasteiger partial charge in [-0.3, -0.25) is 5.10 Å². The molecule has 0 aromatic carbocycles. The molecule has 1 aromatic rings. The quantitative estimate of drug-likeness (QED) is 0.542. The summed E-state index contributed by atoms with van der Waals surface area (Å²) in [5.74, 6) is 0. The third-order valence-corrected chi connectivity index (χ3v) is 2.60. The molecular weight excluding hydrogens is 154 g/mol. The SMILES string of the molecule is Cc1[nH]nc2c1C(O)(CN)CC2. The fourth-order valence-corrected chi connectivity index (χ4v) is 1.93. The van der Waals surface area contributed by atoms with Crippen molar-refractivity contribution in [2.45, 2.75) is 25.4 Å². The third-order valence-electron chi connectivity index (χ3n) is 2.60. The molecular formula is C8H13N3O. The second-order valence-corrected chi connectivity index (χ2v) is 3.41. The summed E-state index contributed by atoms with van der Waals surface area (Å²) in [4.78, 5) is 0. The Morgan fingerprint density at radius 2 is 2.50 bits per heavy atom. The lowest BCUT2D eigenvalue weighted by atomic mass is 9.97. The van der Waals surface area contributed by atoms with Crippen LogP contribution in [0.3, 0.4) is 0 Å². The van der Waals surface area contributed by atoms with E-state index in [2.05, 4.69) is 10.2 Å². The van der Waals surface area contributed by atoms with Crippen molar-refractivity contribution in [3.8, 4) is 0 Å². The number of aromatic amines is 1. The number of aryl methyl sites for hydroxylation is 2. The van der Waals surface area contributed by atoms with E-state index in [9.17, 15) is 5.11 Å². The van der Waals surface area contributed by atoms with E-state index < -0.39 is 5.60 Å². The molecule has 4 N–H and O–H groups in total. The Kier molecular flexibility index (Phi) is 1.49. The Bertz CT molecular complexity index is 307. The molecule has 0 saturated carbocycles. The van der Waals surface area contributed by atoms with E-state index in [0.29, 0.717) is 6.42 Å². The molecule has 0 saturated heterocycles. The molecule has 1 atom stereocenters. The van der Waals surface area contributed by atoms with Crippen molar-refractivity contribution < 1.29 is 5.11 Å². The summed E-state index contributed by atoms with van der Waals surface area (Å²) in [7, 11) is 0. The first kappa shape index (κ1) is 7.76. The standard InChI is InChI=1S/C8H13N3O/c1-5-7-6(11-10-5)2-3-8(7,12)4-9/h12H,2-4,9H2,1H3,(H,10,11). The third kappa shape index (κ3) is 0.820. The minimum Gasteiger partial charge on any atom is -0.384 e. The zero-order valence-corrected chi connectivity index (χ0v) is 7.09. The smallest absolute Gasteiger partial charge is 0.106 e. The maximum atomic E-state index is 10.0. The average molecular weight is 167 g/mol. The predicted octanol–water partition coefficient (Wildman–Crippen LogP) is -0.189. The van der Waals surface area contributed by atoms with Crippen molar-refractivity contribution in [3.05, 3.63) is 17.0 Å². The number of aliphatic hydroxyl groups is 1. The highest BCUT2D eigenvalue weighted by Crippen LogP contribution is 2.36. The molecule has 4 heteroatoms. The van der Waals surface area contributed by atoms with Crippen LogP contribution in [-0.2, 0) is 12.0 Å². The maximum Gasteiger partial charge on any atom is 0.106 e. The van der Waals surface area contributed by atoms with Crippen molar-refractivity contribution in [1.82, 2.24) is 10.2 Å². The molecule has 0 aliphatic heterocycles. The van der Waals surface area contributed by atoms with Gasteiger partial charge in [-0.15, -0.1) is 0 Å². The van der Waals surface area contributed by atoms with Crippen LogP contribution >= 0.6 is 0 Å². The van der Waals surface area contributed by atoms with Gasteiger partial charge in [0, 0.05) is 17.8 Å². The Morgan fingerprint density at radius 1 is 1.75 bits per heavy atom. The van der Waals surface area contributed by atoms with Crippen LogP contribution in [0.1, 0.15) is 23.4 Å². The number of rotatable bonds is 1. The zero-order valence-electron chi connectivity index (χ0n) is 7.09. The highest BCUT2D eigenvalue weighted by atomic mass is 16.3. The van der Waals surface area contributed by atoms with E-state index in [1.54, 1.807) is 0 Å². The average Bonchev–Trinajstić information content (AvgIpc) is 2.57. The molecule has 1 unspecified atom stereocenters. The van der Waals surface area contributed by atoms with Crippen LogP contribution in [0, 0.1) is 6.92 Å². The Hall–Kier alpha value is -0.870. The molecule has 0 amide bonds. The van der Waals surface area contributed by atoms with Gasteiger partial charge < -0.3 is 10.8 Å². The van der Waals surface area contributed by atoms with Crippen LogP contribution in [0.25, 0.3) is 0 Å². The van der Waals surface area contributed by atoms with Gasteiger partial charge in [-0.05, 0) is 19.8 Å². The van der Waals surface area contributed by atoms with Gasteiger partial charge in [0.1, 0.15) is 5.60 Å². The number of hydrogen-bond donors (Lipinski definition) is 3. The molecule has 0 bridgehead atoms. The van der Waals surface area contributed by atoms with E-state index in [1.807, 2.05) is 6.92 Å². The number of nitrogens with one attached hydrogen (secondary N) is 1. The molecule has 0 fully saturated rings. The highest BCUT2D eigenvalue weighted by molar-refractivity contribution is 5.35. The normalized spacial score (nSPS) is 27.6. The summed E-state index contributed by atoms with van der Waals surface area (Å²) in [5, 5.41) is 17.0. The minimum atomic E-state index is -0.827. The lowest BCUT2D eigenvalue weighted by molar-refractivity contribution is 0.0473. The van der Waals surface area contributed by atoms with Gasteiger partial charge in [0.25, 0.3) is 0 Å². The van der Waals surface area contributed by atoms with E-state index in [0.717, 1.165) is 23.4 Å². The number of fused-ring (bicyclic) bond motifs is 1. The van der Waals surface area contributed by atoms with Gasteiger partial charge in [0.2, 0.25) is 0 Å². The number of nitrogens with two attached hydrogens (primary N) is 1. The molecule has 4 nitrogen and oxygen atoms in total. The first-order valence-electron chi connectivity index (χ1n) is 4.14. The summed E-state index contributed by atoms with van der Waals surface area (Å²) in [6.07, 6.45) is 1.53. The van der Waals surface area contributed by atoms with Crippen LogP contribution in [0.4, 0.5) is 0 Å². The Morgan fingerprint density at radius 3 is 3.17 bits per heavy atom. The van der Waals surface area contributed by atoms with Gasteiger partial charge in [-0.2, -0.15) is 5.10 Å². The summed E-state index contributed by atoms with van der Waals surface area (Å²) >= 11 is 0. The lowest BCUT2D eigenvalue weighted by Gasteiger charge is -2.20. The van der Waals surface area contributed by atoms with E-state index >= 15 is 0 Å². The molecule has 1 heterocycles. The van der Waals surface area contributed by atoms with Crippen LogP contribution in [0.5, 0.6) is 0 Å². The van der Waals surface area contributed by atoms with Gasteiger partial charge in [0.15, 0.2) is 0 Å². The summed E-state index contributed by atoms with van der Waals surface area (Å²) < 4.78 is 0. The number of H-pyrrole nitrogens is 1. The molecule has 1 aliphatic rings. The van der Waals surface area contributed by atoms with Crippen LogP contribution < -0.4 is 5.73 Å². The molecule has 12 heavy (non-hydrogen) atoms. The Labute approximate surface area is 70.8 Å². The van der Waals surface area contributed by atoms with E-state index in [1.165, 1.54) is 0 Å². The van der Waals surface area contributed by atoms with Crippen molar-refractivity contribution >= 4 is 0 Å².